The van der Waals surface area contributed by atoms with E-state index in [1.165, 1.54) is 11.4 Å². The van der Waals surface area contributed by atoms with E-state index in [1.54, 1.807) is 36.4 Å². The van der Waals surface area contributed by atoms with Crippen LogP contribution in [0.4, 0.5) is 5.69 Å². The molecule has 1 N–H and O–H groups in total. The number of hydrogen-bond donors (Lipinski definition) is 1. The highest BCUT2D eigenvalue weighted by atomic mass is 32.2. The van der Waals surface area contributed by atoms with E-state index in [4.69, 9.17) is 9.47 Å². The van der Waals surface area contributed by atoms with Crippen molar-refractivity contribution < 1.29 is 22.7 Å². The summed E-state index contributed by atoms with van der Waals surface area (Å²) in [4.78, 5) is 11.8. The molecule has 0 bridgehead atoms. The van der Waals surface area contributed by atoms with Crippen molar-refractivity contribution in [3.63, 3.8) is 0 Å². The van der Waals surface area contributed by atoms with Crippen LogP contribution in [-0.4, -0.2) is 47.4 Å². The number of nitrogens with one attached hydrogen (secondary N) is 1. The first-order valence-corrected chi connectivity index (χ1v) is 9.81. The molecule has 8 heteroatoms. The number of rotatable bonds is 9. The van der Waals surface area contributed by atoms with Crippen LogP contribution in [-0.2, 0) is 14.8 Å². The van der Waals surface area contributed by atoms with Gasteiger partial charge in [-0.05, 0) is 36.4 Å². The fraction of sp³-hybridized carbons (Fsp3) is 0.278. The Morgan fingerprint density at radius 2 is 1.69 bits per heavy atom. The molecule has 0 saturated heterocycles. The van der Waals surface area contributed by atoms with E-state index in [-0.39, 0.29) is 25.6 Å². The highest BCUT2D eigenvalue weighted by molar-refractivity contribution is 7.92. The number of amides is 1. The lowest BCUT2D eigenvalue weighted by Gasteiger charge is -2.22. The zero-order chi connectivity index (χ0) is 19.0. The standard InChI is InChI=1S/C18H22N2O5S/c1-24-16-10-8-15(9-11-16)20(26(2,22)23)13-12-19-18(21)14-25-17-6-4-3-5-7-17/h3-11H,12-14H2,1-2H3,(H,19,21). The molecule has 0 aliphatic carbocycles. The third-order valence-corrected chi connectivity index (χ3v) is 4.70. The number of ether oxygens (including phenoxy) is 2. The van der Waals surface area contributed by atoms with E-state index in [0.29, 0.717) is 17.2 Å². The summed E-state index contributed by atoms with van der Waals surface area (Å²) < 4.78 is 35.7. The smallest absolute Gasteiger partial charge is 0.258 e. The summed E-state index contributed by atoms with van der Waals surface area (Å²) in [6.45, 7) is 0.143. The largest absolute Gasteiger partial charge is 0.497 e. The summed E-state index contributed by atoms with van der Waals surface area (Å²) in [7, 11) is -1.94. The van der Waals surface area contributed by atoms with Gasteiger partial charge in [0.25, 0.3) is 5.91 Å². The Morgan fingerprint density at radius 3 is 2.27 bits per heavy atom. The lowest BCUT2D eigenvalue weighted by Crippen LogP contribution is -2.39. The molecule has 7 nitrogen and oxygen atoms in total. The molecule has 0 fully saturated rings. The van der Waals surface area contributed by atoms with Gasteiger partial charge >= 0.3 is 0 Å². The van der Waals surface area contributed by atoms with Crippen molar-refractivity contribution in [3.8, 4) is 11.5 Å². The minimum atomic E-state index is -3.48. The number of nitrogens with zero attached hydrogens (tertiary/aromatic N) is 1. The fourth-order valence-electron chi connectivity index (χ4n) is 2.25. The third kappa shape index (κ3) is 5.96. The number of sulfonamides is 1. The van der Waals surface area contributed by atoms with Gasteiger partial charge in [0, 0.05) is 6.54 Å². The summed E-state index contributed by atoms with van der Waals surface area (Å²) in [5, 5.41) is 2.65. The Morgan fingerprint density at radius 1 is 1.04 bits per heavy atom. The maximum atomic E-state index is 12.0. The van der Waals surface area contributed by atoms with Gasteiger partial charge in [0.2, 0.25) is 10.0 Å². The predicted octanol–water partition coefficient (Wildman–Crippen LogP) is 1.66. The van der Waals surface area contributed by atoms with E-state index in [2.05, 4.69) is 5.32 Å². The molecular weight excluding hydrogens is 356 g/mol. The molecule has 0 unspecified atom stereocenters. The summed E-state index contributed by atoms with van der Waals surface area (Å²) in [6.07, 6.45) is 1.12. The van der Waals surface area contributed by atoms with Crippen LogP contribution in [0, 0.1) is 0 Å². The molecule has 0 atom stereocenters. The number of carbonyl (C=O) groups excluding carboxylic acids is 1. The molecule has 0 aromatic heterocycles. The van der Waals surface area contributed by atoms with Crippen molar-refractivity contribution in [2.75, 3.05) is 37.4 Å². The summed E-state index contributed by atoms with van der Waals surface area (Å²) in [5.41, 5.74) is 0.503. The van der Waals surface area contributed by atoms with Gasteiger partial charge in [-0.15, -0.1) is 0 Å². The molecule has 0 saturated carbocycles. The number of para-hydroxylation sites is 1. The first-order valence-electron chi connectivity index (χ1n) is 7.96. The third-order valence-electron chi connectivity index (χ3n) is 3.51. The Bertz CT molecular complexity index is 807. The normalized spacial score (nSPS) is 10.8. The van der Waals surface area contributed by atoms with Crippen LogP contribution >= 0.6 is 0 Å². The average Bonchev–Trinajstić information content (AvgIpc) is 2.63. The number of anilines is 1. The highest BCUT2D eigenvalue weighted by Crippen LogP contribution is 2.21. The molecule has 2 aromatic rings. The van der Waals surface area contributed by atoms with Crippen molar-refractivity contribution in [2.45, 2.75) is 0 Å². The van der Waals surface area contributed by atoms with Gasteiger partial charge in [0.05, 0.1) is 25.6 Å². The van der Waals surface area contributed by atoms with Gasteiger partial charge in [-0.2, -0.15) is 0 Å². The number of benzene rings is 2. The molecule has 1 amide bonds. The number of carbonyl (C=O) groups is 1. The minimum absolute atomic E-state index is 0.113. The van der Waals surface area contributed by atoms with Gasteiger partial charge in [-0.3, -0.25) is 9.10 Å². The molecule has 0 aliphatic heterocycles. The predicted molar refractivity (Wildman–Crippen MR) is 100 cm³/mol. The Labute approximate surface area is 153 Å². The zero-order valence-corrected chi connectivity index (χ0v) is 15.5. The molecule has 0 aliphatic rings. The lowest BCUT2D eigenvalue weighted by atomic mass is 10.3. The first kappa shape index (κ1) is 19.6. The van der Waals surface area contributed by atoms with Crippen molar-refractivity contribution in [2.24, 2.45) is 0 Å². The van der Waals surface area contributed by atoms with Crippen molar-refractivity contribution in [3.05, 3.63) is 54.6 Å². The summed E-state index contributed by atoms with van der Waals surface area (Å²) in [6, 6.07) is 15.6. The molecule has 26 heavy (non-hydrogen) atoms. The van der Waals surface area contributed by atoms with Crippen LogP contribution < -0.4 is 19.1 Å². The Hall–Kier alpha value is -2.74. The van der Waals surface area contributed by atoms with Gasteiger partial charge in [0.1, 0.15) is 11.5 Å². The van der Waals surface area contributed by atoms with Gasteiger partial charge in [-0.25, -0.2) is 8.42 Å². The zero-order valence-electron chi connectivity index (χ0n) is 14.7. The van der Waals surface area contributed by atoms with Crippen molar-refractivity contribution in [1.29, 1.82) is 0 Å². The van der Waals surface area contributed by atoms with E-state index in [1.807, 2.05) is 18.2 Å². The summed E-state index contributed by atoms with van der Waals surface area (Å²) in [5.74, 6) is 0.907. The van der Waals surface area contributed by atoms with Crippen LogP contribution in [0.2, 0.25) is 0 Å². The lowest BCUT2D eigenvalue weighted by molar-refractivity contribution is -0.123. The number of hydrogen-bond acceptors (Lipinski definition) is 5. The maximum Gasteiger partial charge on any atom is 0.258 e. The average molecular weight is 378 g/mol. The van der Waals surface area contributed by atoms with Crippen LogP contribution in [0.1, 0.15) is 0 Å². The SMILES string of the molecule is COc1ccc(N(CCNC(=O)COc2ccccc2)S(C)(=O)=O)cc1. The second kappa shape index (κ2) is 9.10. The van der Waals surface area contributed by atoms with Crippen LogP contribution in [0.25, 0.3) is 0 Å². The number of methoxy groups -OCH3 is 1. The molecule has 0 heterocycles. The van der Waals surface area contributed by atoms with E-state index in [0.717, 1.165) is 6.26 Å². The molecule has 140 valence electrons. The first-order chi connectivity index (χ1) is 12.4. The topological polar surface area (TPSA) is 84.9 Å². The molecule has 2 aromatic carbocycles. The Balaban J connectivity index is 1.88. The van der Waals surface area contributed by atoms with Crippen molar-refractivity contribution >= 4 is 21.6 Å². The van der Waals surface area contributed by atoms with Crippen LogP contribution in [0.15, 0.2) is 54.6 Å². The minimum Gasteiger partial charge on any atom is -0.497 e. The van der Waals surface area contributed by atoms with E-state index in [9.17, 15) is 13.2 Å². The van der Waals surface area contributed by atoms with Gasteiger partial charge < -0.3 is 14.8 Å². The maximum absolute atomic E-state index is 12.0. The highest BCUT2D eigenvalue weighted by Gasteiger charge is 2.17. The van der Waals surface area contributed by atoms with Gasteiger partial charge in [0.15, 0.2) is 6.61 Å². The quantitative estimate of drug-likeness (QED) is 0.717. The van der Waals surface area contributed by atoms with Crippen molar-refractivity contribution in [1.82, 2.24) is 5.32 Å². The molecule has 0 spiro atoms. The van der Waals surface area contributed by atoms with Gasteiger partial charge in [-0.1, -0.05) is 18.2 Å². The van der Waals surface area contributed by atoms with E-state index < -0.39 is 10.0 Å². The monoisotopic (exact) mass is 378 g/mol. The second-order valence-electron chi connectivity index (χ2n) is 5.48. The van der Waals surface area contributed by atoms with Crippen LogP contribution in [0.5, 0.6) is 11.5 Å². The van der Waals surface area contributed by atoms with Crippen LogP contribution in [0.3, 0.4) is 0 Å². The fourth-order valence-corrected chi connectivity index (χ4v) is 3.18. The second-order valence-corrected chi connectivity index (χ2v) is 7.39. The summed E-state index contributed by atoms with van der Waals surface area (Å²) >= 11 is 0. The Kier molecular flexibility index (Phi) is 6.85. The molecule has 0 radical (unpaired) electrons. The molecule has 2 rings (SSSR count). The van der Waals surface area contributed by atoms with E-state index >= 15 is 0 Å². The molecular formula is C18H22N2O5S.